The number of ketones is 1. The molecule has 2 aromatic carbocycles. The van der Waals surface area contributed by atoms with Crippen molar-refractivity contribution in [1.82, 2.24) is 0 Å². The molecule has 0 saturated carbocycles. The van der Waals surface area contributed by atoms with Crippen molar-refractivity contribution >= 4 is 33.6 Å². The summed E-state index contributed by atoms with van der Waals surface area (Å²) in [5, 5.41) is 0. The third-order valence-electron chi connectivity index (χ3n) is 3.02. The van der Waals surface area contributed by atoms with Crippen LogP contribution in [-0.2, 0) is 9.53 Å². The Balaban J connectivity index is 1.89. The van der Waals surface area contributed by atoms with Crippen LogP contribution >= 0.6 is 15.9 Å². The summed E-state index contributed by atoms with van der Waals surface area (Å²) in [4.78, 5) is 28.1. The summed E-state index contributed by atoms with van der Waals surface area (Å²) in [6.07, 6.45) is 1.19. The number of hydrogen-bond donors (Lipinski definition) is 0. The standard InChI is InChI=1S/C17H10BrNO3/c18-13-8-4-7-12(9-13)15(20)10-14-17(21)22-16(19-14)11-5-2-1-3-6-11/h1-10H/b14-10-. The topological polar surface area (TPSA) is 55.7 Å². The van der Waals surface area contributed by atoms with Crippen LogP contribution in [0.25, 0.3) is 0 Å². The van der Waals surface area contributed by atoms with Gasteiger partial charge in [-0.05, 0) is 24.3 Å². The molecule has 4 nitrogen and oxygen atoms in total. The quantitative estimate of drug-likeness (QED) is 0.480. The Kier molecular flexibility index (Phi) is 3.98. The van der Waals surface area contributed by atoms with E-state index >= 15 is 0 Å². The number of allylic oxidation sites excluding steroid dienone is 1. The first-order chi connectivity index (χ1) is 10.6. The zero-order valence-corrected chi connectivity index (χ0v) is 12.9. The number of carbonyl (C=O) groups excluding carboxylic acids is 2. The lowest BCUT2D eigenvalue weighted by molar-refractivity contribution is -0.130. The number of halogens is 1. The average Bonchev–Trinajstić information content (AvgIpc) is 2.89. The molecule has 0 N–H and O–H groups in total. The van der Waals surface area contributed by atoms with Crippen LogP contribution in [-0.4, -0.2) is 17.7 Å². The van der Waals surface area contributed by atoms with E-state index in [4.69, 9.17) is 4.74 Å². The molecule has 0 atom stereocenters. The van der Waals surface area contributed by atoms with Gasteiger partial charge in [0, 0.05) is 21.7 Å². The van der Waals surface area contributed by atoms with Gasteiger partial charge in [-0.25, -0.2) is 9.79 Å². The molecule has 0 fully saturated rings. The molecule has 0 radical (unpaired) electrons. The molecule has 1 aliphatic heterocycles. The molecule has 3 rings (SSSR count). The number of hydrogen-bond acceptors (Lipinski definition) is 4. The van der Waals surface area contributed by atoms with Crippen LogP contribution in [0, 0.1) is 0 Å². The third-order valence-corrected chi connectivity index (χ3v) is 3.51. The minimum Gasteiger partial charge on any atom is -0.402 e. The van der Waals surface area contributed by atoms with Gasteiger partial charge in [-0.2, -0.15) is 0 Å². The summed E-state index contributed by atoms with van der Waals surface area (Å²) in [6.45, 7) is 0. The van der Waals surface area contributed by atoms with E-state index in [2.05, 4.69) is 20.9 Å². The van der Waals surface area contributed by atoms with Crippen LogP contribution in [0.3, 0.4) is 0 Å². The first-order valence-electron chi connectivity index (χ1n) is 6.51. The molecule has 0 saturated heterocycles. The summed E-state index contributed by atoms with van der Waals surface area (Å²) in [5.41, 5.74) is 1.16. The second kappa shape index (κ2) is 6.07. The highest BCUT2D eigenvalue weighted by Gasteiger charge is 2.25. The summed E-state index contributed by atoms with van der Waals surface area (Å²) in [5.74, 6) is -0.715. The summed E-state index contributed by atoms with van der Waals surface area (Å²) in [7, 11) is 0. The Morgan fingerprint density at radius 2 is 1.86 bits per heavy atom. The van der Waals surface area contributed by atoms with Crippen LogP contribution in [0.15, 0.2) is 75.8 Å². The SMILES string of the molecule is O=C1OC(c2ccccc2)=N/C1=C\C(=O)c1cccc(Br)c1. The van der Waals surface area contributed by atoms with Crippen LogP contribution in [0.1, 0.15) is 15.9 Å². The molecule has 0 unspecified atom stereocenters. The molecule has 0 amide bonds. The van der Waals surface area contributed by atoms with Gasteiger partial charge in [-0.3, -0.25) is 4.79 Å². The van der Waals surface area contributed by atoms with E-state index in [1.54, 1.807) is 30.3 Å². The number of rotatable bonds is 3. The van der Waals surface area contributed by atoms with Crippen LogP contribution < -0.4 is 0 Å². The minimum atomic E-state index is -0.623. The minimum absolute atomic E-state index is 0.00354. The van der Waals surface area contributed by atoms with E-state index in [1.165, 1.54) is 6.08 Å². The van der Waals surface area contributed by atoms with Crippen molar-refractivity contribution in [3.05, 3.63) is 82.0 Å². The van der Waals surface area contributed by atoms with Gasteiger partial charge < -0.3 is 4.74 Å². The Bertz CT molecular complexity index is 810. The van der Waals surface area contributed by atoms with Crippen molar-refractivity contribution in [3.8, 4) is 0 Å². The predicted octanol–water partition coefficient (Wildman–Crippen LogP) is 3.52. The van der Waals surface area contributed by atoms with Gasteiger partial charge in [0.05, 0.1) is 0 Å². The first-order valence-corrected chi connectivity index (χ1v) is 7.31. The third kappa shape index (κ3) is 3.04. The molecule has 1 heterocycles. The highest BCUT2D eigenvalue weighted by atomic mass is 79.9. The smallest absolute Gasteiger partial charge is 0.363 e. The molecule has 0 bridgehead atoms. The number of esters is 1. The molecular weight excluding hydrogens is 346 g/mol. The van der Waals surface area contributed by atoms with Gasteiger partial charge >= 0.3 is 5.97 Å². The van der Waals surface area contributed by atoms with E-state index in [1.807, 2.05) is 24.3 Å². The number of ether oxygens (including phenoxy) is 1. The second-order valence-corrected chi connectivity index (χ2v) is 5.49. The van der Waals surface area contributed by atoms with Gasteiger partial charge in [0.2, 0.25) is 5.90 Å². The van der Waals surface area contributed by atoms with Gasteiger partial charge in [0.25, 0.3) is 0 Å². The van der Waals surface area contributed by atoms with Crippen molar-refractivity contribution < 1.29 is 14.3 Å². The lowest BCUT2D eigenvalue weighted by Gasteiger charge is -1.97. The number of aliphatic imine (C=N–C) groups is 1. The Labute approximate surface area is 135 Å². The number of nitrogens with zero attached hydrogens (tertiary/aromatic N) is 1. The van der Waals surface area contributed by atoms with E-state index < -0.39 is 5.97 Å². The normalized spacial score (nSPS) is 15.6. The molecule has 0 spiro atoms. The van der Waals surface area contributed by atoms with Gasteiger partial charge in [-0.15, -0.1) is 0 Å². The number of benzene rings is 2. The van der Waals surface area contributed by atoms with Crippen LogP contribution in [0.5, 0.6) is 0 Å². The zero-order chi connectivity index (χ0) is 15.5. The van der Waals surface area contributed by atoms with Gasteiger partial charge in [-0.1, -0.05) is 46.3 Å². The fourth-order valence-corrected chi connectivity index (χ4v) is 2.36. The highest BCUT2D eigenvalue weighted by molar-refractivity contribution is 9.10. The van der Waals surface area contributed by atoms with Crippen LogP contribution in [0.4, 0.5) is 0 Å². The van der Waals surface area contributed by atoms with Crippen molar-refractivity contribution in [3.63, 3.8) is 0 Å². The van der Waals surface area contributed by atoms with Gasteiger partial charge in [0.15, 0.2) is 11.5 Å². The Morgan fingerprint density at radius 1 is 1.09 bits per heavy atom. The molecule has 5 heteroatoms. The molecule has 1 aliphatic rings. The van der Waals surface area contributed by atoms with Crippen molar-refractivity contribution in [1.29, 1.82) is 0 Å². The fourth-order valence-electron chi connectivity index (χ4n) is 1.96. The molecule has 108 valence electrons. The monoisotopic (exact) mass is 355 g/mol. The van der Waals surface area contributed by atoms with E-state index in [0.29, 0.717) is 11.1 Å². The maximum absolute atomic E-state index is 12.2. The molecule has 0 aliphatic carbocycles. The summed E-state index contributed by atoms with van der Waals surface area (Å²) in [6, 6.07) is 16.0. The van der Waals surface area contributed by atoms with Crippen LogP contribution in [0.2, 0.25) is 0 Å². The summed E-state index contributed by atoms with van der Waals surface area (Å²) < 4.78 is 5.89. The second-order valence-electron chi connectivity index (χ2n) is 4.58. The Morgan fingerprint density at radius 3 is 2.59 bits per heavy atom. The largest absolute Gasteiger partial charge is 0.402 e. The molecular formula is C17H10BrNO3. The Hall–Kier alpha value is -2.53. The maximum atomic E-state index is 12.2. The predicted molar refractivity (Wildman–Crippen MR) is 85.6 cm³/mol. The van der Waals surface area contributed by atoms with Crippen molar-refractivity contribution in [2.24, 2.45) is 4.99 Å². The van der Waals surface area contributed by atoms with Crippen molar-refractivity contribution in [2.45, 2.75) is 0 Å². The molecule has 2 aromatic rings. The average molecular weight is 356 g/mol. The highest BCUT2D eigenvalue weighted by Crippen LogP contribution is 2.18. The van der Waals surface area contributed by atoms with Gasteiger partial charge in [0.1, 0.15) is 0 Å². The maximum Gasteiger partial charge on any atom is 0.363 e. The zero-order valence-electron chi connectivity index (χ0n) is 11.3. The summed E-state index contributed by atoms with van der Waals surface area (Å²) >= 11 is 3.30. The lowest BCUT2D eigenvalue weighted by Crippen LogP contribution is -2.06. The van der Waals surface area contributed by atoms with E-state index in [0.717, 1.165) is 4.47 Å². The van der Waals surface area contributed by atoms with E-state index in [-0.39, 0.29) is 17.4 Å². The number of carbonyl (C=O) groups is 2. The number of cyclic esters (lactones) is 1. The molecule has 22 heavy (non-hydrogen) atoms. The van der Waals surface area contributed by atoms with E-state index in [9.17, 15) is 9.59 Å². The lowest BCUT2D eigenvalue weighted by atomic mass is 10.1. The first kappa shape index (κ1) is 14.4. The molecule has 0 aromatic heterocycles. The van der Waals surface area contributed by atoms with Crippen molar-refractivity contribution in [2.75, 3.05) is 0 Å². The fraction of sp³-hybridized carbons (Fsp3) is 0.